The van der Waals surface area contributed by atoms with Crippen molar-refractivity contribution in [1.82, 2.24) is 8.78 Å². The van der Waals surface area contributed by atoms with Crippen LogP contribution in [-0.2, 0) is 4.74 Å². The topological polar surface area (TPSA) is 15.7 Å². The molecule has 0 atom stereocenters. The highest BCUT2D eigenvalue weighted by Gasteiger charge is 2.01. The third-order valence-corrected chi connectivity index (χ3v) is 3.26. The lowest BCUT2D eigenvalue weighted by molar-refractivity contribution is 0.174. The van der Waals surface area contributed by atoms with Gasteiger partial charge in [0, 0.05) is 20.2 Å². The Hall–Kier alpha value is 0.412. The molecule has 0 aliphatic rings. The minimum Gasteiger partial charge on any atom is -0.388 e. The van der Waals surface area contributed by atoms with Crippen molar-refractivity contribution in [3.8, 4) is 0 Å². The Labute approximate surface area is 90.7 Å². The SMILES string of the molecule is CCN(CC)CC[N]([AlH2])CCOC. The van der Waals surface area contributed by atoms with Gasteiger partial charge in [-0.05, 0) is 19.6 Å². The molecule has 0 aromatic heterocycles. The molecule has 0 spiro atoms. The largest absolute Gasteiger partial charge is 0.388 e. The molecule has 0 aromatic rings. The summed E-state index contributed by atoms with van der Waals surface area (Å²) in [7, 11) is 1.76. The van der Waals surface area contributed by atoms with Crippen molar-refractivity contribution in [2.45, 2.75) is 13.8 Å². The van der Waals surface area contributed by atoms with Crippen molar-refractivity contribution in [3.63, 3.8) is 0 Å². The third kappa shape index (κ3) is 7.48. The molecule has 0 bridgehead atoms. The Bertz CT molecular complexity index is 110. The van der Waals surface area contributed by atoms with Gasteiger partial charge in [-0.15, -0.1) is 0 Å². The molecule has 0 aliphatic heterocycles. The van der Waals surface area contributed by atoms with E-state index in [2.05, 4.69) is 22.6 Å². The number of hydrogen-bond donors (Lipinski definition) is 0. The van der Waals surface area contributed by atoms with Gasteiger partial charge in [0.1, 0.15) is 0 Å². The predicted octanol–water partition coefficient (Wildman–Crippen LogP) is -0.175. The molecule has 0 aromatic carbocycles. The van der Waals surface area contributed by atoms with Crippen LogP contribution < -0.4 is 0 Å². The van der Waals surface area contributed by atoms with E-state index in [4.69, 9.17) is 4.74 Å². The van der Waals surface area contributed by atoms with Gasteiger partial charge in [0.05, 0.1) is 6.61 Å². The van der Waals surface area contributed by atoms with E-state index in [9.17, 15) is 0 Å². The van der Waals surface area contributed by atoms with E-state index in [0.717, 1.165) is 42.8 Å². The summed E-state index contributed by atoms with van der Waals surface area (Å²) in [5.74, 6) is 0. The standard InChI is InChI=1S/C9H21N2O.Al.2H/c1-4-11(5-2)8-6-10-7-9-12-3;;;/h4-9H2,1-3H3;;;/q-1;+1;;. The van der Waals surface area contributed by atoms with Crippen molar-refractivity contribution in [2.24, 2.45) is 0 Å². The molecule has 0 amide bonds. The van der Waals surface area contributed by atoms with Crippen LogP contribution in [0.3, 0.4) is 0 Å². The number of hydrogen-bond acceptors (Lipinski definition) is 3. The highest BCUT2D eigenvalue weighted by Crippen LogP contribution is 1.88. The maximum absolute atomic E-state index is 5.04. The number of likely N-dealkylation sites (N-methyl/N-ethyl adjacent to an activating group) is 1. The summed E-state index contributed by atoms with van der Waals surface area (Å²) >= 11 is 1.14. The first-order valence-electron chi connectivity index (χ1n) is 5.14. The second-order valence-electron chi connectivity index (χ2n) is 3.32. The van der Waals surface area contributed by atoms with Gasteiger partial charge in [0.25, 0.3) is 0 Å². The molecule has 13 heavy (non-hydrogen) atoms. The lowest BCUT2D eigenvalue weighted by Gasteiger charge is -2.23. The normalized spacial score (nSPS) is 11.5. The molecule has 0 heterocycles. The fourth-order valence-electron chi connectivity index (χ4n) is 1.21. The van der Waals surface area contributed by atoms with Gasteiger partial charge in [-0.3, -0.25) is 0 Å². The molecule has 0 saturated carbocycles. The predicted molar refractivity (Wildman–Crippen MR) is 59.8 cm³/mol. The first kappa shape index (κ1) is 13.4. The number of rotatable bonds is 8. The molecule has 3 nitrogen and oxygen atoms in total. The van der Waals surface area contributed by atoms with E-state index < -0.39 is 0 Å². The summed E-state index contributed by atoms with van der Waals surface area (Å²) in [6, 6.07) is 0. The van der Waals surface area contributed by atoms with Crippen LogP contribution in [0, 0.1) is 0 Å². The minimum absolute atomic E-state index is 0.863. The zero-order valence-electron chi connectivity index (χ0n) is 9.55. The molecule has 78 valence electrons. The van der Waals surface area contributed by atoms with Gasteiger partial charge >= 0.3 is 16.5 Å². The fraction of sp³-hybridized carbons (Fsp3) is 1.00. The minimum atomic E-state index is 0.863. The second kappa shape index (κ2) is 8.99. The van der Waals surface area contributed by atoms with E-state index in [0.29, 0.717) is 0 Å². The molecule has 0 radical (unpaired) electrons. The molecule has 0 aliphatic carbocycles. The highest BCUT2D eigenvalue weighted by molar-refractivity contribution is 6.04. The Morgan fingerprint density at radius 3 is 2.15 bits per heavy atom. The van der Waals surface area contributed by atoms with Crippen LogP contribution in [0.2, 0.25) is 0 Å². The summed E-state index contributed by atoms with van der Waals surface area (Å²) in [5.41, 5.74) is 0. The van der Waals surface area contributed by atoms with Gasteiger partial charge in [-0.25, -0.2) is 0 Å². The van der Waals surface area contributed by atoms with Crippen LogP contribution in [0.25, 0.3) is 0 Å². The van der Waals surface area contributed by atoms with Crippen molar-refractivity contribution in [1.29, 1.82) is 0 Å². The zero-order valence-corrected chi connectivity index (χ0v) is 11.5. The monoisotopic (exact) mass is 202 g/mol. The van der Waals surface area contributed by atoms with Gasteiger partial charge in [-0.1, -0.05) is 13.8 Å². The lowest BCUT2D eigenvalue weighted by atomic mass is 10.4. The fourth-order valence-corrected chi connectivity index (χ4v) is 1.59. The first-order chi connectivity index (χ1) is 6.24. The van der Waals surface area contributed by atoms with E-state index in [1.165, 1.54) is 13.1 Å². The lowest BCUT2D eigenvalue weighted by Crippen LogP contribution is -2.35. The average Bonchev–Trinajstić information content (AvgIpc) is 2.16. The van der Waals surface area contributed by atoms with Crippen LogP contribution in [0.5, 0.6) is 0 Å². The Morgan fingerprint density at radius 2 is 1.69 bits per heavy atom. The van der Waals surface area contributed by atoms with Crippen LogP contribution in [-0.4, -0.2) is 71.7 Å². The van der Waals surface area contributed by atoms with E-state index >= 15 is 0 Å². The van der Waals surface area contributed by atoms with E-state index in [1.54, 1.807) is 7.11 Å². The maximum atomic E-state index is 5.04. The third-order valence-electron chi connectivity index (χ3n) is 2.37. The van der Waals surface area contributed by atoms with Crippen molar-refractivity contribution >= 4 is 16.5 Å². The Morgan fingerprint density at radius 1 is 1.08 bits per heavy atom. The molecule has 0 unspecified atom stereocenters. The van der Waals surface area contributed by atoms with Gasteiger partial charge in [0.2, 0.25) is 0 Å². The van der Waals surface area contributed by atoms with E-state index in [1.807, 2.05) is 0 Å². The molecule has 0 saturated heterocycles. The van der Waals surface area contributed by atoms with Gasteiger partial charge in [0.15, 0.2) is 0 Å². The molecular weight excluding hydrogens is 179 g/mol. The smallest absolute Gasteiger partial charge is 0.322 e. The average molecular weight is 202 g/mol. The number of methoxy groups -OCH3 is 1. The van der Waals surface area contributed by atoms with Crippen molar-refractivity contribution < 1.29 is 4.74 Å². The van der Waals surface area contributed by atoms with Gasteiger partial charge < -0.3 is 13.5 Å². The summed E-state index contributed by atoms with van der Waals surface area (Å²) in [5, 5.41) is 0. The number of ether oxygens (including phenoxy) is 1. The molecule has 4 heteroatoms. The summed E-state index contributed by atoms with van der Waals surface area (Å²) in [6.07, 6.45) is 0. The quantitative estimate of drug-likeness (QED) is 0.508. The Kier molecular flexibility index (Phi) is 9.27. The van der Waals surface area contributed by atoms with Gasteiger partial charge in [-0.2, -0.15) is 0 Å². The van der Waals surface area contributed by atoms with Crippen molar-refractivity contribution in [2.75, 3.05) is 46.4 Å². The van der Waals surface area contributed by atoms with E-state index in [-0.39, 0.29) is 0 Å². The molecule has 0 N–H and O–H groups in total. The first-order valence-corrected chi connectivity index (χ1v) is 6.03. The van der Waals surface area contributed by atoms with Crippen molar-refractivity contribution in [3.05, 3.63) is 0 Å². The summed E-state index contributed by atoms with van der Waals surface area (Å²) in [4.78, 5) is 2.46. The summed E-state index contributed by atoms with van der Waals surface area (Å²) in [6.45, 7) is 11.1. The van der Waals surface area contributed by atoms with Crippen LogP contribution in [0.1, 0.15) is 13.8 Å². The zero-order chi connectivity index (χ0) is 10.1. The maximum Gasteiger partial charge on any atom is 0.322 e. The Balaban J connectivity index is 3.38. The molecule has 0 rings (SSSR count). The van der Waals surface area contributed by atoms with Crippen LogP contribution in [0.4, 0.5) is 0 Å². The molecule has 0 fully saturated rings. The number of nitrogens with zero attached hydrogens (tertiary/aromatic N) is 2. The van der Waals surface area contributed by atoms with Crippen LogP contribution in [0.15, 0.2) is 0 Å². The highest BCUT2D eigenvalue weighted by atomic mass is 27.1. The summed E-state index contributed by atoms with van der Waals surface area (Å²) < 4.78 is 7.49. The molecular formula is C9H23AlN2O. The second-order valence-corrected chi connectivity index (χ2v) is 4.59. The van der Waals surface area contributed by atoms with Crippen LogP contribution >= 0.6 is 0 Å².